The number of nitrogens with one attached hydrogen (secondary N) is 1. The number of hydrogen-bond donors (Lipinski definition) is 2. The lowest BCUT2D eigenvalue weighted by Crippen LogP contribution is -2.16. The second-order valence-electron chi connectivity index (χ2n) is 3.62. The molecule has 1 aromatic carbocycles. The van der Waals surface area contributed by atoms with E-state index < -0.39 is 5.97 Å². The number of fused-ring (bicyclic) bond motifs is 1. The Morgan fingerprint density at radius 1 is 1.50 bits per heavy atom. The summed E-state index contributed by atoms with van der Waals surface area (Å²) in [6.07, 6.45) is 1.88. The standard InChI is InChI=1S/C11H13NO2/c1-7-4-5-9(11(13)14)8-3-2-6-12-10(7)8/h4-5,12H,2-3,6H2,1H3,(H,13,14). The van der Waals surface area contributed by atoms with Crippen LogP contribution >= 0.6 is 0 Å². The van der Waals surface area contributed by atoms with Crippen molar-refractivity contribution in [2.24, 2.45) is 0 Å². The number of rotatable bonds is 1. The number of benzene rings is 1. The molecule has 3 nitrogen and oxygen atoms in total. The van der Waals surface area contributed by atoms with Gasteiger partial charge >= 0.3 is 5.97 Å². The summed E-state index contributed by atoms with van der Waals surface area (Å²) >= 11 is 0. The van der Waals surface area contributed by atoms with E-state index in [1.807, 2.05) is 13.0 Å². The van der Waals surface area contributed by atoms with Crippen LogP contribution in [0.2, 0.25) is 0 Å². The minimum absolute atomic E-state index is 0.442. The van der Waals surface area contributed by atoms with E-state index in [-0.39, 0.29) is 0 Å². The van der Waals surface area contributed by atoms with Gasteiger partial charge in [-0.1, -0.05) is 6.07 Å². The Morgan fingerprint density at radius 3 is 3.00 bits per heavy atom. The average Bonchev–Trinajstić information content (AvgIpc) is 2.18. The van der Waals surface area contributed by atoms with Crippen LogP contribution < -0.4 is 5.32 Å². The molecule has 74 valence electrons. The molecule has 1 aliphatic rings. The van der Waals surface area contributed by atoms with E-state index in [0.717, 1.165) is 36.2 Å². The van der Waals surface area contributed by atoms with Crippen molar-refractivity contribution in [3.05, 3.63) is 28.8 Å². The number of aromatic carboxylic acids is 1. The first-order valence-electron chi connectivity index (χ1n) is 4.80. The van der Waals surface area contributed by atoms with Crippen molar-refractivity contribution in [1.82, 2.24) is 0 Å². The topological polar surface area (TPSA) is 49.3 Å². The van der Waals surface area contributed by atoms with E-state index in [9.17, 15) is 4.79 Å². The first-order valence-corrected chi connectivity index (χ1v) is 4.80. The number of carboxylic acids is 1. The highest BCUT2D eigenvalue weighted by molar-refractivity contribution is 5.92. The summed E-state index contributed by atoms with van der Waals surface area (Å²) < 4.78 is 0. The van der Waals surface area contributed by atoms with Gasteiger partial charge in [0.25, 0.3) is 0 Å². The monoisotopic (exact) mass is 191 g/mol. The molecular formula is C11H13NO2. The normalized spacial score (nSPS) is 14.4. The van der Waals surface area contributed by atoms with Gasteiger partial charge < -0.3 is 10.4 Å². The van der Waals surface area contributed by atoms with Crippen molar-refractivity contribution in [2.75, 3.05) is 11.9 Å². The first-order chi connectivity index (χ1) is 6.70. The Hall–Kier alpha value is -1.51. The fraction of sp³-hybridized carbons (Fsp3) is 0.364. The molecule has 0 saturated carbocycles. The lowest BCUT2D eigenvalue weighted by Gasteiger charge is -2.21. The molecule has 0 amide bonds. The maximum absolute atomic E-state index is 11.0. The fourth-order valence-electron chi connectivity index (χ4n) is 1.95. The lowest BCUT2D eigenvalue weighted by atomic mass is 9.95. The fourth-order valence-corrected chi connectivity index (χ4v) is 1.95. The van der Waals surface area contributed by atoms with E-state index in [0.29, 0.717) is 5.56 Å². The van der Waals surface area contributed by atoms with Crippen LogP contribution in [0.15, 0.2) is 12.1 Å². The Labute approximate surface area is 82.8 Å². The molecule has 1 aromatic rings. The maximum Gasteiger partial charge on any atom is 0.336 e. The second kappa shape index (κ2) is 3.33. The third-order valence-corrected chi connectivity index (χ3v) is 2.66. The maximum atomic E-state index is 11.0. The van der Waals surface area contributed by atoms with Gasteiger partial charge in [0.1, 0.15) is 0 Å². The van der Waals surface area contributed by atoms with Crippen molar-refractivity contribution in [1.29, 1.82) is 0 Å². The zero-order valence-corrected chi connectivity index (χ0v) is 8.13. The largest absolute Gasteiger partial charge is 0.478 e. The van der Waals surface area contributed by atoms with Crippen LogP contribution in [0.3, 0.4) is 0 Å². The predicted octanol–water partition coefficient (Wildman–Crippen LogP) is 2.05. The molecule has 1 heterocycles. The average molecular weight is 191 g/mol. The van der Waals surface area contributed by atoms with E-state index in [4.69, 9.17) is 5.11 Å². The number of carbonyl (C=O) groups is 1. The minimum atomic E-state index is -0.829. The van der Waals surface area contributed by atoms with Crippen molar-refractivity contribution in [2.45, 2.75) is 19.8 Å². The molecule has 2 N–H and O–H groups in total. The Balaban J connectivity index is 2.59. The van der Waals surface area contributed by atoms with Gasteiger partial charge in [0.2, 0.25) is 0 Å². The van der Waals surface area contributed by atoms with Gasteiger partial charge in [-0.05, 0) is 37.0 Å². The van der Waals surface area contributed by atoms with Crippen LogP contribution in [0.1, 0.15) is 27.9 Å². The van der Waals surface area contributed by atoms with Crippen LogP contribution in [0.25, 0.3) is 0 Å². The number of carboxylic acid groups (broad SMARTS) is 1. The third-order valence-electron chi connectivity index (χ3n) is 2.66. The molecule has 0 saturated heterocycles. The summed E-state index contributed by atoms with van der Waals surface area (Å²) in [6.45, 7) is 2.94. The molecule has 0 bridgehead atoms. The van der Waals surface area contributed by atoms with Crippen molar-refractivity contribution < 1.29 is 9.90 Å². The molecular weight excluding hydrogens is 178 g/mol. The van der Waals surface area contributed by atoms with Gasteiger partial charge in [-0.2, -0.15) is 0 Å². The highest BCUT2D eigenvalue weighted by Crippen LogP contribution is 2.28. The van der Waals surface area contributed by atoms with Crippen LogP contribution in [0, 0.1) is 6.92 Å². The van der Waals surface area contributed by atoms with Crippen molar-refractivity contribution in [3.63, 3.8) is 0 Å². The number of hydrogen-bond acceptors (Lipinski definition) is 2. The molecule has 0 atom stereocenters. The van der Waals surface area contributed by atoms with Crippen LogP contribution in [0.5, 0.6) is 0 Å². The molecule has 0 fully saturated rings. The van der Waals surface area contributed by atoms with Gasteiger partial charge in [-0.25, -0.2) is 4.79 Å². The molecule has 0 aromatic heterocycles. The minimum Gasteiger partial charge on any atom is -0.478 e. The molecule has 0 aliphatic carbocycles. The van der Waals surface area contributed by atoms with Gasteiger partial charge in [0.05, 0.1) is 5.56 Å². The molecule has 3 heteroatoms. The predicted molar refractivity (Wildman–Crippen MR) is 54.9 cm³/mol. The molecule has 2 rings (SSSR count). The molecule has 14 heavy (non-hydrogen) atoms. The summed E-state index contributed by atoms with van der Waals surface area (Å²) in [7, 11) is 0. The smallest absolute Gasteiger partial charge is 0.336 e. The van der Waals surface area contributed by atoms with E-state index in [1.165, 1.54) is 0 Å². The molecule has 0 radical (unpaired) electrons. The van der Waals surface area contributed by atoms with Gasteiger partial charge in [0.15, 0.2) is 0 Å². The molecule has 0 unspecified atom stereocenters. The van der Waals surface area contributed by atoms with Crippen LogP contribution in [-0.4, -0.2) is 17.6 Å². The lowest BCUT2D eigenvalue weighted by molar-refractivity contribution is 0.0695. The molecule has 0 spiro atoms. The summed E-state index contributed by atoms with van der Waals surface area (Å²) in [5.74, 6) is -0.829. The Morgan fingerprint density at radius 2 is 2.29 bits per heavy atom. The number of aryl methyl sites for hydroxylation is 1. The summed E-state index contributed by atoms with van der Waals surface area (Å²) in [6, 6.07) is 3.56. The highest BCUT2D eigenvalue weighted by atomic mass is 16.4. The van der Waals surface area contributed by atoms with E-state index in [2.05, 4.69) is 5.32 Å². The molecule has 1 aliphatic heterocycles. The van der Waals surface area contributed by atoms with Crippen LogP contribution in [0.4, 0.5) is 5.69 Å². The Kier molecular flexibility index (Phi) is 2.15. The van der Waals surface area contributed by atoms with E-state index >= 15 is 0 Å². The zero-order valence-electron chi connectivity index (χ0n) is 8.13. The number of anilines is 1. The third kappa shape index (κ3) is 1.35. The quantitative estimate of drug-likeness (QED) is 0.714. The van der Waals surface area contributed by atoms with Crippen molar-refractivity contribution in [3.8, 4) is 0 Å². The summed E-state index contributed by atoms with van der Waals surface area (Å²) in [4.78, 5) is 11.0. The Bertz CT molecular complexity index is 385. The van der Waals surface area contributed by atoms with E-state index in [1.54, 1.807) is 6.07 Å². The zero-order chi connectivity index (χ0) is 10.1. The SMILES string of the molecule is Cc1ccc(C(=O)O)c2c1NCCC2. The first kappa shape index (κ1) is 9.06. The van der Waals surface area contributed by atoms with Gasteiger partial charge in [-0.15, -0.1) is 0 Å². The second-order valence-corrected chi connectivity index (χ2v) is 3.62. The van der Waals surface area contributed by atoms with Crippen molar-refractivity contribution >= 4 is 11.7 Å². The summed E-state index contributed by atoms with van der Waals surface area (Å²) in [5, 5.41) is 12.3. The van der Waals surface area contributed by atoms with Gasteiger partial charge in [-0.3, -0.25) is 0 Å². The highest BCUT2D eigenvalue weighted by Gasteiger charge is 2.18. The van der Waals surface area contributed by atoms with Gasteiger partial charge in [0, 0.05) is 12.2 Å². The summed E-state index contributed by atoms with van der Waals surface area (Å²) in [5.41, 5.74) is 3.56. The van der Waals surface area contributed by atoms with Crippen LogP contribution in [-0.2, 0) is 6.42 Å².